The van der Waals surface area contributed by atoms with Gasteiger partial charge in [0.2, 0.25) is 0 Å². The maximum absolute atomic E-state index is 6.32. The zero-order valence-electron chi connectivity index (χ0n) is 12.1. The minimum atomic E-state index is 0.155. The summed E-state index contributed by atoms with van der Waals surface area (Å²) in [6, 6.07) is 8.92. The summed E-state index contributed by atoms with van der Waals surface area (Å²) in [6.07, 6.45) is 8.65. The standard InChI is InChI=1S/C17H27NO/c1-2-6-14-7-5-8-15(13-14)17(18)11-10-16-9-3-4-12-19-16/h5,7-8,13,16-17H,2-4,6,9-12,18H2,1H3. The lowest BCUT2D eigenvalue weighted by Gasteiger charge is -2.24. The Hall–Kier alpha value is -0.860. The van der Waals surface area contributed by atoms with E-state index in [9.17, 15) is 0 Å². The lowest BCUT2D eigenvalue weighted by Crippen LogP contribution is -2.21. The van der Waals surface area contributed by atoms with Gasteiger partial charge in [0.05, 0.1) is 6.10 Å². The second kappa shape index (κ2) is 7.66. The van der Waals surface area contributed by atoms with Crippen molar-refractivity contribution in [2.24, 2.45) is 5.73 Å². The van der Waals surface area contributed by atoms with Crippen LogP contribution in [0.15, 0.2) is 24.3 Å². The summed E-state index contributed by atoms with van der Waals surface area (Å²) in [5, 5.41) is 0. The topological polar surface area (TPSA) is 35.2 Å². The Morgan fingerprint density at radius 1 is 1.37 bits per heavy atom. The Bertz CT molecular complexity index is 371. The SMILES string of the molecule is CCCc1cccc(C(N)CCC2CCCCO2)c1. The molecule has 1 fully saturated rings. The molecule has 19 heavy (non-hydrogen) atoms. The van der Waals surface area contributed by atoms with E-state index in [1.54, 1.807) is 0 Å². The van der Waals surface area contributed by atoms with Crippen LogP contribution in [0.4, 0.5) is 0 Å². The van der Waals surface area contributed by atoms with Gasteiger partial charge in [-0.25, -0.2) is 0 Å². The maximum Gasteiger partial charge on any atom is 0.0575 e. The van der Waals surface area contributed by atoms with E-state index in [4.69, 9.17) is 10.5 Å². The molecule has 0 aromatic heterocycles. The van der Waals surface area contributed by atoms with E-state index in [1.165, 1.54) is 36.8 Å². The lowest BCUT2D eigenvalue weighted by molar-refractivity contribution is 0.00912. The Morgan fingerprint density at radius 2 is 2.26 bits per heavy atom. The molecule has 0 radical (unpaired) electrons. The highest BCUT2D eigenvalue weighted by molar-refractivity contribution is 5.26. The molecule has 2 nitrogen and oxygen atoms in total. The molecule has 0 amide bonds. The molecule has 106 valence electrons. The van der Waals surface area contributed by atoms with Crippen molar-refractivity contribution in [2.75, 3.05) is 6.61 Å². The molecule has 0 saturated carbocycles. The van der Waals surface area contributed by atoms with Crippen LogP contribution in [0.5, 0.6) is 0 Å². The van der Waals surface area contributed by atoms with E-state index in [1.807, 2.05) is 0 Å². The third-order valence-electron chi connectivity index (χ3n) is 3.99. The fraction of sp³-hybridized carbons (Fsp3) is 0.647. The van der Waals surface area contributed by atoms with Crippen LogP contribution in [0.2, 0.25) is 0 Å². The summed E-state index contributed by atoms with van der Waals surface area (Å²) < 4.78 is 5.77. The Morgan fingerprint density at radius 3 is 3.00 bits per heavy atom. The van der Waals surface area contributed by atoms with Crippen LogP contribution in [-0.4, -0.2) is 12.7 Å². The molecule has 1 aromatic carbocycles. The largest absolute Gasteiger partial charge is 0.378 e. The van der Waals surface area contributed by atoms with Gasteiger partial charge in [-0.3, -0.25) is 0 Å². The maximum atomic E-state index is 6.32. The number of aryl methyl sites for hydroxylation is 1. The first-order valence-electron chi connectivity index (χ1n) is 7.75. The molecule has 2 heteroatoms. The van der Waals surface area contributed by atoms with Crippen molar-refractivity contribution in [2.45, 2.75) is 64.0 Å². The van der Waals surface area contributed by atoms with Gasteiger partial charge in [0.1, 0.15) is 0 Å². The van der Waals surface area contributed by atoms with Gasteiger partial charge in [-0.1, -0.05) is 37.6 Å². The lowest BCUT2D eigenvalue weighted by atomic mass is 9.96. The summed E-state index contributed by atoms with van der Waals surface area (Å²) >= 11 is 0. The normalized spacial score (nSPS) is 21.3. The molecule has 2 rings (SSSR count). The smallest absolute Gasteiger partial charge is 0.0575 e. The molecule has 0 bridgehead atoms. The number of nitrogens with two attached hydrogens (primary N) is 1. The van der Waals surface area contributed by atoms with E-state index in [0.29, 0.717) is 6.10 Å². The second-order valence-electron chi connectivity index (χ2n) is 5.67. The molecule has 1 saturated heterocycles. The van der Waals surface area contributed by atoms with Crippen LogP contribution in [0.1, 0.15) is 62.6 Å². The molecule has 0 spiro atoms. The fourth-order valence-corrected chi connectivity index (χ4v) is 2.84. The highest BCUT2D eigenvalue weighted by Crippen LogP contribution is 2.23. The van der Waals surface area contributed by atoms with Crippen molar-refractivity contribution < 1.29 is 4.74 Å². The van der Waals surface area contributed by atoms with E-state index >= 15 is 0 Å². The highest BCUT2D eigenvalue weighted by atomic mass is 16.5. The minimum Gasteiger partial charge on any atom is -0.378 e. The summed E-state index contributed by atoms with van der Waals surface area (Å²) in [5.74, 6) is 0. The van der Waals surface area contributed by atoms with Crippen LogP contribution in [-0.2, 0) is 11.2 Å². The third-order valence-corrected chi connectivity index (χ3v) is 3.99. The van der Waals surface area contributed by atoms with Gasteiger partial charge in [0.25, 0.3) is 0 Å². The van der Waals surface area contributed by atoms with Crippen molar-refractivity contribution in [3.8, 4) is 0 Å². The average molecular weight is 261 g/mol. The van der Waals surface area contributed by atoms with Crippen LogP contribution >= 0.6 is 0 Å². The van der Waals surface area contributed by atoms with Crippen molar-refractivity contribution in [1.29, 1.82) is 0 Å². The molecule has 1 aromatic rings. The first-order valence-corrected chi connectivity index (χ1v) is 7.75. The predicted octanol–water partition coefficient (Wildman–Crippen LogP) is 3.99. The monoisotopic (exact) mass is 261 g/mol. The van der Waals surface area contributed by atoms with Gasteiger partial charge < -0.3 is 10.5 Å². The third kappa shape index (κ3) is 4.63. The van der Waals surface area contributed by atoms with Gasteiger partial charge in [0.15, 0.2) is 0 Å². The highest BCUT2D eigenvalue weighted by Gasteiger charge is 2.15. The Balaban J connectivity index is 1.84. The number of hydrogen-bond donors (Lipinski definition) is 1. The zero-order chi connectivity index (χ0) is 13.5. The van der Waals surface area contributed by atoms with E-state index in [0.717, 1.165) is 25.9 Å². The molecular formula is C17H27NO. The van der Waals surface area contributed by atoms with Gasteiger partial charge >= 0.3 is 0 Å². The van der Waals surface area contributed by atoms with Crippen molar-refractivity contribution >= 4 is 0 Å². The molecule has 2 atom stereocenters. The molecule has 2 N–H and O–H groups in total. The first kappa shape index (κ1) is 14.5. The van der Waals surface area contributed by atoms with Gasteiger partial charge in [-0.2, -0.15) is 0 Å². The van der Waals surface area contributed by atoms with Gasteiger partial charge in [0, 0.05) is 12.6 Å². The van der Waals surface area contributed by atoms with Gasteiger partial charge in [-0.15, -0.1) is 0 Å². The molecule has 1 aliphatic heterocycles. The second-order valence-corrected chi connectivity index (χ2v) is 5.67. The summed E-state index contributed by atoms with van der Waals surface area (Å²) in [6.45, 7) is 3.15. The summed E-state index contributed by atoms with van der Waals surface area (Å²) in [5.41, 5.74) is 9.01. The van der Waals surface area contributed by atoms with E-state index in [2.05, 4.69) is 31.2 Å². The van der Waals surface area contributed by atoms with Gasteiger partial charge in [-0.05, 0) is 49.7 Å². The molecule has 1 aliphatic rings. The average Bonchev–Trinajstić information content (AvgIpc) is 2.46. The van der Waals surface area contributed by atoms with Crippen LogP contribution in [0.3, 0.4) is 0 Å². The first-order chi connectivity index (χ1) is 9.29. The van der Waals surface area contributed by atoms with E-state index in [-0.39, 0.29) is 6.04 Å². The van der Waals surface area contributed by atoms with Crippen LogP contribution in [0, 0.1) is 0 Å². The van der Waals surface area contributed by atoms with E-state index < -0.39 is 0 Å². The number of benzene rings is 1. The quantitative estimate of drug-likeness (QED) is 0.840. The van der Waals surface area contributed by atoms with Crippen LogP contribution < -0.4 is 5.73 Å². The Kier molecular flexibility index (Phi) is 5.87. The van der Waals surface area contributed by atoms with Crippen molar-refractivity contribution in [1.82, 2.24) is 0 Å². The predicted molar refractivity (Wildman–Crippen MR) is 80.2 cm³/mol. The molecule has 1 heterocycles. The van der Waals surface area contributed by atoms with Crippen molar-refractivity contribution in [3.63, 3.8) is 0 Å². The number of hydrogen-bond acceptors (Lipinski definition) is 2. The Labute approximate surface area is 117 Å². The number of ether oxygens (including phenoxy) is 1. The summed E-state index contributed by atoms with van der Waals surface area (Å²) in [7, 11) is 0. The fourth-order valence-electron chi connectivity index (χ4n) is 2.84. The zero-order valence-corrected chi connectivity index (χ0v) is 12.1. The van der Waals surface area contributed by atoms with Crippen molar-refractivity contribution in [3.05, 3.63) is 35.4 Å². The molecular weight excluding hydrogens is 234 g/mol. The molecule has 0 aliphatic carbocycles. The molecule has 2 unspecified atom stereocenters. The summed E-state index contributed by atoms with van der Waals surface area (Å²) in [4.78, 5) is 0. The minimum absolute atomic E-state index is 0.155. The number of rotatable bonds is 6. The van der Waals surface area contributed by atoms with Crippen LogP contribution in [0.25, 0.3) is 0 Å².